The molecule has 0 aromatic heterocycles. The van der Waals surface area contributed by atoms with Crippen LogP contribution in [0, 0.1) is 0 Å². The molecule has 338 valence electrons. The molecule has 0 radical (unpaired) electrons. The zero-order valence-corrected chi connectivity index (χ0v) is 38.4. The Kier molecular flexibility index (Phi) is 43.8. The maximum absolute atomic E-state index is 13.2. The maximum atomic E-state index is 13.2. The minimum atomic E-state index is -0.808. The van der Waals surface area contributed by atoms with E-state index in [-0.39, 0.29) is 31.3 Å². The van der Waals surface area contributed by atoms with E-state index in [0.29, 0.717) is 19.3 Å². The van der Waals surface area contributed by atoms with E-state index in [2.05, 4.69) is 105 Å². The van der Waals surface area contributed by atoms with Crippen molar-refractivity contribution in [2.24, 2.45) is 0 Å². The van der Waals surface area contributed by atoms with Gasteiger partial charge in [0, 0.05) is 6.42 Å². The lowest BCUT2D eigenvalue weighted by molar-refractivity contribution is -0.150. The molecular formula is C53H91NO5. The molecule has 1 amide bonds. The van der Waals surface area contributed by atoms with Crippen molar-refractivity contribution in [2.75, 3.05) is 6.61 Å². The van der Waals surface area contributed by atoms with Crippen LogP contribution in [-0.4, -0.2) is 46.9 Å². The van der Waals surface area contributed by atoms with E-state index in [9.17, 15) is 19.8 Å². The van der Waals surface area contributed by atoms with Crippen molar-refractivity contribution in [1.29, 1.82) is 0 Å². The summed E-state index contributed by atoms with van der Waals surface area (Å²) in [5.41, 5.74) is 0. The van der Waals surface area contributed by atoms with Gasteiger partial charge < -0.3 is 20.3 Å². The zero-order chi connectivity index (χ0) is 43.1. The number of carbonyl (C=O) groups excluding carboxylic acids is 2. The third-order valence-electron chi connectivity index (χ3n) is 10.5. The van der Waals surface area contributed by atoms with Crippen LogP contribution in [0.15, 0.2) is 85.1 Å². The molecule has 6 nitrogen and oxygen atoms in total. The van der Waals surface area contributed by atoms with Crippen LogP contribution in [0.2, 0.25) is 0 Å². The van der Waals surface area contributed by atoms with Gasteiger partial charge in [0.25, 0.3) is 0 Å². The van der Waals surface area contributed by atoms with Gasteiger partial charge in [-0.15, -0.1) is 0 Å². The number of nitrogens with one attached hydrogen (secondary N) is 1. The van der Waals surface area contributed by atoms with Crippen molar-refractivity contribution in [3.05, 3.63) is 85.1 Å². The summed E-state index contributed by atoms with van der Waals surface area (Å²) in [5.74, 6) is -0.600. The van der Waals surface area contributed by atoms with E-state index in [4.69, 9.17) is 4.74 Å². The summed E-state index contributed by atoms with van der Waals surface area (Å²) in [5, 5.41) is 23.7. The van der Waals surface area contributed by atoms with Crippen molar-refractivity contribution in [3.8, 4) is 0 Å². The highest BCUT2D eigenvalue weighted by atomic mass is 16.5. The molecule has 0 rings (SSSR count). The van der Waals surface area contributed by atoms with Crippen LogP contribution in [0.1, 0.15) is 213 Å². The van der Waals surface area contributed by atoms with Crippen molar-refractivity contribution < 1.29 is 24.5 Å². The van der Waals surface area contributed by atoms with Gasteiger partial charge in [-0.2, -0.15) is 0 Å². The van der Waals surface area contributed by atoms with Gasteiger partial charge >= 0.3 is 5.97 Å². The summed E-state index contributed by atoms with van der Waals surface area (Å²) in [6.07, 6.45) is 59.3. The highest BCUT2D eigenvalue weighted by molar-refractivity contribution is 5.77. The molecule has 0 bridgehead atoms. The number of hydrogen-bond acceptors (Lipinski definition) is 5. The monoisotopic (exact) mass is 822 g/mol. The molecule has 3 N–H and O–H groups in total. The first-order chi connectivity index (χ1) is 29.0. The summed E-state index contributed by atoms with van der Waals surface area (Å²) in [6.45, 7) is 6.29. The number of allylic oxidation sites excluding steroid dienone is 14. The third kappa shape index (κ3) is 41.6. The normalized spacial score (nSPS) is 14.1. The highest BCUT2D eigenvalue weighted by Gasteiger charge is 2.24. The molecule has 0 aromatic carbocycles. The summed E-state index contributed by atoms with van der Waals surface area (Å²) in [7, 11) is 0. The fraction of sp³-hybridized carbons (Fsp3) is 0.698. The lowest BCUT2D eigenvalue weighted by Crippen LogP contribution is -2.46. The van der Waals surface area contributed by atoms with Gasteiger partial charge in [-0.1, -0.05) is 202 Å². The summed E-state index contributed by atoms with van der Waals surface area (Å²) in [6, 6.07) is -0.725. The van der Waals surface area contributed by atoms with Crippen molar-refractivity contribution >= 4 is 11.9 Å². The molecule has 0 aromatic rings. The second-order valence-electron chi connectivity index (χ2n) is 16.2. The van der Waals surface area contributed by atoms with Crippen LogP contribution < -0.4 is 5.32 Å². The number of unbranched alkanes of at least 4 members (excludes halogenated alkanes) is 17. The molecule has 0 fully saturated rings. The van der Waals surface area contributed by atoms with Crippen LogP contribution in [0.3, 0.4) is 0 Å². The van der Waals surface area contributed by atoms with Gasteiger partial charge in [-0.3, -0.25) is 9.59 Å². The number of esters is 1. The van der Waals surface area contributed by atoms with Gasteiger partial charge in [-0.05, 0) is 83.5 Å². The van der Waals surface area contributed by atoms with E-state index in [0.717, 1.165) is 89.9 Å². The SMILES string of the molecule is CC/C=C/C/C=C/C/C=C/C/C=C/C/C=C/CCC(=O)OC(CCCCCC/C=C/C=C/CCCCC)CC(=O)NC(CO)C(O)CCCCCCCCCCCCC. The molecule has 0 aliphatic heterocycles. The molecule has 59 heavy (non-hydrogen) atoms. The predicted molar refractivity (Wildman–Crippen MR) is 254 cm³/mol. The van der Waals surface area contributed by atoms with Gasteiger partial charge in [0.05, 0.1) is 25.2 Å². The second-order valence-corrected chi connectivity index (χ2v) is 16.2. The summed E-state index contributed by atoms with van der Waals surface area (Å²) in [4.78, 5) is 26.0. The first-order valence-corrected chi connectivity index (χ1v) is 24.3. The molecule has 0 aliphatic rings. The van der Waals surface area contributed by atoms with E-state index in [1.807, 2.05) is 6.08 Å². The molecule has 3 unspecified atom stereocenters. The Morgan fingerprint density at radius 3 is 1.49 bits per heavy atom. The Bertz CT molecular complexity index is 1150. The predicted octanol–water partition coefficient (Wildman–Crippen LogP) is 14.4. The number of carbonyl (C=O) groups is 2. The maximum Gasteiger partial charge on any atom is 0.306 e. The average molecular weight is 822 g/mol. The molecule has 0 heterocycles. The number of amides is 1. The Morgan fingerprint density at radius 1 is 0.525 bits per heavy atom. The smallest absolute Gasteiger partial charge is 0.306 e. The fourth-order valence-electron chi connectivity index (χ4n) is 6.82. The summed E-state index contributed by atoms with van der Waals surface area (Å²) < 4.78 is 5.87. The number of aliphatic hydroxyl groups excluding tert-OH is 2. The Morgan fingerprint density at radius 2 is 0.966 bits per heavy atom. The summed E-state index contributed by atoms with van der Waals surface area (Å²) >= 11 is 0. The van der Waals surface area contributed by atoms with Crippen LogP contribution in [0.4, 0.5) is 0 Å². The number of ether oxygens (including phenoxy) is 1. The van der Waals surface area contributed by atoms with E-state index in [1.165, 1.54) is 70.6 Å². The van der Waals surface area contributed by atoms with Crippen LogP contribution in [-0.2, 0) is 14.3 Å². The third-order valence-corrected chi connectivity index (χ3v) is 10.5. The first kappa shape index (κ1) is 56.0. The fourth-order valence-corrected chi connectivity index (χ4v) is 6.82. The zero-order valence-electron chi connectivity index (χ0n) is 38.4. The largest absolute Gasteiger partial charge is 0.462 e. The minimum Gasteiger partial charge on any atom is -0.462 e. The molecule has 6 heteroatoms. The molecule has 0 aliphatic carbocycles. The highest BCUT2D eigenvalue weighted by Crippen LogP contribution is 2.16. The van der Waals surface area contributed by atoms with E-state index < -0.39 is 18.2 Å². The number of hydrogen-bond donors (Lipinski definition) is 3. The lowest BCUT2D eigenvalue weighted by atomic mass is 10.0. The Balaban J connectivity index is 4.76. The number of aliphatic hydroxyl groups is 2. The molecule has 0 saturated heterocycles. The molecular weight excluding hydrogens is 731 g/mol. The van der Waals surface area contributed by atoms with Crippen LogP contribution in [0.25, 0.3) is 0 Å². The van der Waals surface area contributed by atoms with E-state index in [1.54, 1.807) is 0 Å². The Hall–Kier alpha value is -2.96. The quantitative estimate of drug-likeness (QED) is 0.0247. The number of rotatable bonds is 42. The first-order valence-electron chi connectivity index (χ1n) is 24.3. The van der Waals surface area contributed by atoms with Crippen molar-refractivity contribution in [2.45, 2.75) is 232 Å². The molecule has 0 spiro atoms. The van der Waals surface area contributed by atoms with Crippen LogP contribution in [0.5, 0.6) is 0 Å². The minimum absolute atomic E-state index is 0.0302. The Labute approximate surface area is 363 Å². The second kappa shape index (κ2) is 46.1. The van der Waals surface area contributed by atoms with Gasteiger partial charge in [0.15, 0.2) is 0 Å². The van der Waals surface area contributed by atoms with Crippen molar-refractivity contribution in [3.63, 3.8) is 0 Å². The lowest BCUT2D eigenvalue weighted by Gasteiger charge is -2.24. The van der Waals surface area contributed by atoms with Gasteiger partial charge in [-0.25, -0.2) is 0 Å². The average Bonchev–Trinajstić information content (AvgIpc) is 3.23. The van der Waals surface area contributed by atoms with Crippen molar-refractivity contribution in [1.82, 2.24) is 5.32 Å². The van der Waals surface area contributed by atoms with Crippen LogP contribution >= 0.6 is 0 Å². The standard InChI is InChI=1S/C53H91NO5/c1-4-7-10-13-16-19-22-24-25-26-28-31-34-37-40-43-46-53(58)59-49(44-41-38-35-32-30-27-23-20-17-14-11-8-5-2)47-52(57)54-50(48-55)51(56)45-42-39-36-33-29-21-18-15-12-9-6-3/h7,10,16-17,19-20,23-25,27-28,31,37,40,49-51,55-56H,4-6,8-9,11-15,18,21-22,26,29-30,32-36,38-39,41-48H2,1-3H3,(H,54,57)/b10-7+,19-16+,20-17+,25-24+,27-23+,31-28+,40-37+. The van der Waals surface area contributed by atoms with E-state index >= 15 is 0 Å². The molecule has 3 atom stereocenters. The van der Waals surface area contributed by atoms with Gasteiger partial charge in [0.1, 0.15) is 6.10 Å². The van der Waals surface area contributed by atoms with Gasteiger partial charge in [0.2, 0.25) is 5.91 Å². The molecule has 0 saturated carbocycles. The topological polar surface area (TPSA) is 95.9 Å².